The molecule has 0 aliphatic heterocycles. The predicted octanol–water partition coefficient (Wildman–Crippen LogP) is 4.51. The second kappa shape index (κ2) is 8.03. The highest BCUT2D eigenvalue weighted by atomic mass is 79.9. The molecule has 0 spiro atoms. The molecule has 0 saturated heterocycles. The van der Waals surface area contributed by atoms with E-state index in [1.165, 1.54) is 0 Å². The molecule has 1 aromatic carbocycles. The fourth-order valence-corrected chi connectivity index (χ4v) is 2.34. The van der Waals surface area contributed by atoms with Crippen LogP contribution in [0.2, 0.25) is 5.02 Å². The maximum atomic E-state index is 6.04. The van der Waals surface area contributed by atoms with Gasteiger partial charge in [-0.3, -0.25) is 0 Å². The number of nitrogens with one attached hydrogen (secondary N) is 1. The van der Waals surface area contributed by atoms with Gasteiger partial charge in [0.05, 0.1) is 4.47 Å². The van der Waals surface area contributed by atoms with Crippen LogP contribution in [0.1, 0.15) is 27.2 Å². The molecule has 102 valence electrons. The van der Waals surface area contributed by atoms with E-state index in [4.69, 9.17) is 16.3 Å². The van der Waals surface area contributed by atoms with Crippen molar-refractivity contribution in [3.8, 4) is 5.75 Å². The van der Waals surface area contributed by atoms with Crippen LogP contribution < -0.4 is 10.1 Å². The van der Waals surface area contributed by atoms with Crippen LogP contribution in [0.15, 0.2) is 22.7 Å². The third-order valence-corrected chi connectivity index (χ3v) is 3.54. The molecule has 0 amide bonds. The van der Waals surface area contributed by atoms with E-state index in [2.05, 4.69) is 42.0 Å². The van der Waals surface area contributed by atoms with Crippen molar-refractivity contribution in [2.45, 2.75) is 33.3 Å². The minimum Gasteiger partial charge on any atom is -0.488 e. The molecule has 0 heterocycles. The lowest BCUT2D eigenvalue weighted by molar-refractivity contribution is 0.148. The highest BCUT2D eigenvalue weighted by Crippen LogP contribution is 2.29. The summed E-state index contributed by atoms with van der Waals surface area (Å²) in [5.74, 6) is 1.30. The Labute approximate surface area is 123 Å². The summed E-state index contributed by atoms with van der Waals surface area (Å²) in [7, 11) is 0. The third-order valence-electron chi connectivity index (χ3n) is 2.69. The Kier molecular flexibility index (Phi) is 7.05. The zero-order valence-electron chi connectivity index (χ0n) is 11.2. The largest absolute Gasteiger partial charge is 0.488 e. The van der Waals surface area contributed by atoms with Gasteiger partial charge in [0.25, 0.3) is 0 Å². The molecular formula is C14H21BrClNO. The van der Waals surface area contributed by atoms with Crippen LogP contribution in [-0.4, -0.2) is 19.2 Å². The van der Waals surface area contributed by atoms with Crippen LogP contribution in [0.4, 0.5) is 0 Å². The van der Waals surface area contributed by atoms with Crippen molar-refractivity contribution in [2.24, 2.45) is 5.92 Å². The average Bonchev–Trinajstić information content (AvgIpc) is 2.30. The molecule has 0 aromatic heterocycles. The number of rotatable bonds is 7. The lowest BCUT2D eigenvalue weighted by Gasteiger charge is -2.23. The summed E-state index contributed by atoms with van der Waals surface area (Å²) >= 11 is 9.40. The Morgan fingerprint density at radius 3 is 2.67 bits per heavy atom. The summed E-state index contributed by atoms with van der Waals surface area (Å²) < 4.78 is 6.94. The van der Waals surface area contributed by atoms with Crippen molar-refractivity contribution >= 4 is 27.5 Å². The number of ether oxygens (including phenoxy) is 1. The van der Waals surface area contributed by atoms with Crippen LogP contribution in [0, 0.1) is 5.92 Å². The summed E-state index contributed by atoms with van der Waals surface area (Å²) in [5, 5.41) is 4.11. The van der Waals surface area contributed by atoms with E-state index >= 15 is 0 Å². The highest BCUT2D eigenvalue weighted by Gasteiger charge is 2.16. The standard InChI is InChI=1S/C14H21BrClNO/c1-4-7-17-9-14(10(2)3)18-13-6-5-11(16)8-12(13)15/h5-6,8,10,14,17H,4,7,9H2,1-3H3. The molecule has 2 nitrogen and oxygen atoms in total. The minimum absolute atomic E-state index is 0.161. The molecule has 0 fully saturated rings. The van der Waals surface area contributed by atoms with E-state index in [0.717, 1.165) is 29.7 Å². The van der Waals surface area contributed by atoms with Gasteiger partial charge in [0.15, 0.2) is 0 Å². The molecule has 0 saturated carbocycles. The average molecular weight is 335 g/mol. The van der Waals surface area contributed by atoms with E-state index in [9.17, 15) is 0 Å². The smallest absolute Gasteiger partial charge is 0.134 e. The van der Waals surface area contributed by atoms with E-state index in [1.807, 2.05) is 18.2 Å². The SMILES string of the molecule is CCCNCC(Oc1ccc(Cl)cc1Br)C(C)C. The zero-order chi connectivity index (χ0) is 13.5. The molecule has 0 aliphatic carbocycles. The first-order chi connectivity index (χ1) is 8.54. The first kappa shape index (κ1) is 15.8. The van der Waals surface area contributed by atoms with Crippen LogP contribution in [0.3, 0.4) is 0 Å². The van der Waals surface area contributed by atoms with E-state index < -0.39 is 0 Å². The summed E-state index contributed by atoms with van der Waals surface area (Å²) in [6.45, 7) is 8.38. The highest BCUT2D eigenvalue weighted by molar-refractivity contribution is 9.10. The first-order valence-corrected chi connectivity index (χ1v) is 7.54. The van der Waals surface area contributed by atoms with Gasteiger partial charge in [0.2, 0.25) is 0 Å². The minimum atomic E-state index is 0.161. The fraction of sp³-hybridized carbons (Fsp3) is 0.571. The fourth-order valence-electron chi connectivity index (χ4n) is 1.57. The molecule has 1 aromatic rings. The molecule has 1 N–H and O–H groups in total. The molecule has 1 rings (SSSR count). The van der Waals surface area contributed by atoms with Crippen LogP contribution in [-0.2, 0) is 0 Å². The Hall–Kier alpha value is -0.250. The van der Waals surface area contributed by atoms with Gasteiger partial charge < -0.3 is 10.1 Å². The molecule has 0 aliphatic rings. The number of hydrogen-bond donors (Lipinski definition) is 1. The Balaban J connectivity index is 2.64. The van der Waals surface area contributed by atoms with Gasteiger partial charge in [-0.15, -0.1) is 0 Å². The predicted molar refractivity (Wildman–Crippen MR) is 81.6 cm³/mol. The van der Waals surface area contributed by atoms with Gasteiger partial charge in [-0.25, -0.2) is 0 Å². The van der Waals surface area contributed by atoms with Crippen molar-refractivity contribution in [1.29, 1.82) is 0 Å². The van der Waals surface area contributed by atoms with Gasteiger partial charge in [-0.2, -0.15) is 0 Å². The van der Waals surface area contributed by atoms with Crippen molar-refractivity contribution < 1.29 is 4.74 Å². The number of benzene rings is 1. The normalized spacial score (nSPS) is 12.8. The molecule has 0 bridgehead atoms. The molecule has 4 heteroatoms. The van der Waals surface area contributed by atoms with Crippen molar-refractivity contribution in [1.82, 2.24) is 5.32 Å². The number of hydrogen-bond acceptors (Lipinski definition) is 2. The summed E-state index contributed by atoms with van der Waals surface area (Å²) in [4.78, 5) is 0. The molecular weight excluding hydrogens is 314 g/mol. The van der Waals surface area contributed by atoms with Crippen LogP contribution in [0.25, 0.3) is 0 Å². The Morgan fingerprint density at radius 2 is 2.11 bits per heavy atom. The Bertz CT molecular complexity index is 371. The second-order valence-electron chi connectivity index (χ2n) is 4.68. The molecule has 1 unspecified atom stereocenters. The maximum Gasteiger partial charge on any atom is 0.134 e. The van der Waals surface area contributed by atoms with Crippen LogP contribution >= 0.6 is 27.5 Å². The quantitative estimate of drug-likeness (QED) is 0.741. The van der Waals surface area contributed by atoms with Crippen molar-refractivity contribution in [3.05, 3.63) is 27.7 Å². The van der Waals surface area contributed by atoms with Crippen molar-refractivity contribution in [3.63, 3.8) is 0 Å². The lowest BCUT2D eigenvalue weighted by atomic mass is 10.1. The third kappa shape index (κ3) is 5.17. The van der Waals surface area contributed by atoms with Crippen molar-refractivity contribution in [2.75, 3.05) is 13.1 Å². The molecule has 18 heavy (non-hydrogen) atoms. The van der Waals surface area contributed by atoms with E-state index in [-0.39, 0.29) is 6.10 Å². The van der Waals surface area contributed by atoms with Gasteiger partial charge in [0.1, 0.15) is 11.9 Å². The van der Waals surface area contributed by atoms with Gasteiger partial charge in [0, 0.05) is 11.6 Å². The Morgan fingerprint density at radius 1 is 1.39 bits per heavy atom. The van der Waals surface area contributed by atoms with E-state index in [1.54, 1.807) is 0 Å². The summed E-state index contributed by atoms with van der Waals surface area (Å²) in [6.07, 6.45) is 1.30. The first-order valence-electron chi connectivity index (χ1n) is 6.37. The van der Waals surface area contributed by atoms with E-state index in [0.29, 0.717) is 10.9 Å². The van der Waals surface area contributed by atoms with Crippen LogP contribution in [0.5, 0.6) is 5.75 Å². The summed E-state index contributed by atoms with van der Waals surface area (Å²) in [5.41, 5.74) is 0. The topological polar surface area (TPSA) is 21.3 Å². The monoisotopic (exact) mass is 333 g/mol. The zero-order valence-corrected chi connectivity index (χ0v) is 13.5. The van der Waals surface area contributed by atoms with Gasteiger partial charge in [-0.1, -0.05) is 32.4 Å². The summed E-state index contributed by atoms with van der Waals surface area (Å²) in [6, 6.07) is 5.61. The molecule has 0 radical (unpaired) electrons. The number of halogens is 2. The lowest BCUT2D eigenvalue weighted by Crippen LogP contribution is -2.35. The second-order valence-corrected chi connectivity index (χ2v) is 5.97. The maximum absolute atomic E-state index is 6.04. The van der Waals surface area contributed by atoms with Gasteiger partial charge in [-0.05, 0) is 53.0 Å². The van der Waals surface area contributed by atoms with Gasteiger partial charge >= 0.3 is 0 Å². The molecule has 1 atom stereocenters.